The molecule has 1 fully saturated rings. The molecule has 1 saturated carbocycles. The van der Waals surface area contributed by atoms with Gasteiger partial charge < -0.3 is 10.4 Å². The van der Waals surface area contributed by atoms with Crippen LogP contribution >= 0.6 is 0 Å². The highest BCUT2D eigenvalue weighted by Gasteiger charge is 2.35. The first kappa shape index (κ1) is 12.2. The van der Waals surface area contributed by atoms with E-state index in [-0.39, 0.29) is 17.9 Å². The molecule has 3 heteroatoms. The molecule has 0 saturated heterocycles. The number of nitrogens with one attached hydrogen (secondary N) is 1. The third kappa shape index (κ3) is 3.06. The van der Waals surface area contributed by atoms with Gasteiger partial charge in [0.05, 0.1) is 5.60 Å². The summed E-state index contributed by atoms with van der Waals surface area (Å²) in [6, 6.07) is 0.203. The van der Waals surface area contributed by atoms with E-state index < -0.39 is 5.60 Å². The van der Waals surface area contributed by atoms with Gasteiger partial charge in [-0.1, -0.05) is 20.4 Å². The fourth-order valence-corrected chi connectivity index (χ4v) is 2.10. The predicted molar refractivity (Wildman–Crippen MR) is 60.4 cm³/mol. The summed E-state index contributed by atoms with van der Waals surface area (Å²) in [7, 11) is 0. The summed E-state index contributed by atoms with van der Waals surface area (Å²) in [5, 5.41) is 13.1. The number of aliphatic hydroxyl groups is 1. The summed E-state index contributed by atoms with van der Waals surface area (Å²) >= 11 is 0. The first-order valence-electron chi connectivity index (χ1n) is 5.63. The van der Waals surface area contributed by atoms with Crippen LogP contribution in [0.1, 0.15) is 39.5 Å². The molecule has 2 N–H and O–H groups in total. The minimum absolute atomic E-state index is 0.116. The van der Waals surface area contributed by atoms with Crippen molar-refractivity contribution in [1.29, 1.82) is 0 Å². The second-order valence-electron chi connectivity index (χ2n) is 4.75. The van der Waals surface area contributed by atoms with Gasteiger partial charge in [0.1, 0.15) is 0 Å². The molecule has 0 radical (unpaired) electrons. The first-order valence-corrected chi connectivity index (χ1v) is 5.63. The summed E-state index contributed by atoms with van der Waals surface area (Å²) in [6.07, 6.45) is 4.55. The van der Waals surface area contributed by atoms with Crippen LogP contribution in [0.5, 0.6) is 0 Å². The van der Waals surface area contributed by atoms with Gasteiger partial charge in [-0.05, 0) is 37.7 Å². The van der Waals surface area contributed by atoms with Gasteiger partial charge in [-0.25, -0.2) is 0 Å². The third-order valence-corrected chi connectivity index (χ3v) is 3.46. The molecule has 0 unspecified atom stereocenters. The van der Waals surface area contributed by atoms with Crippen LogP contribution in [0, 0.1) is 5.92 Å². The van der Waals surface area contributed by atoms with Crippen LogP contribution in [0.3, 0.4) is 0 Å². The smallest absolute Gasteiger partial charge is 0.243 e. The van der Waals surface area contributed by atoms with E-state index in [1.165, 1.54) is 6.08 Å². The number of amides is 1. The van der Waals surface area contributed by atoms with Gasteiger partial charge in [0.25, 0.3) is 0 Å². The van der Waals surface area contributed by atoms with Crippen molar-refractivity contribution in [3.05, 3.63) is 12.7 Å². The lowest BCUT2D eigenvalue weighted by Gasteiger charge is -2.39. The number of hydrogen-bond acceptors (Lipinski definition) is 2. The van der Waals surface area contributed by atoms with E-state index in [0.29, 0.717) is 0 Å². The van der Waals surface area contributed by atoms with Crippen molar-refractivity contribution in [2.24, 2.45) is 5.92 Å². The van der Waals surface area contributed by atoms with Gasteiger partial charge in [-0.2, -0.15) is 0 Å². The molecule has 0 aliphatic heterocycles. The van der Waals surface area contributed by atoms with E-state index in [2.05, 4.69) is 11.9 Å². The van der Waals surface area contributed by atoms with Crippen molar-refractivity contribution in [3.8, 4) is 0 Å². The molecule has 0 spiro atoms. The van der Waals surface area contributed by atoms with E-state index in [1.54, 1.807) is 0 Å². The summed E-state index contributed by atoms with van der Waals surface area (Å²) in [5.41, 5.74) is -0.532. The molecule has 1 aliphatic rings. The molecule has 86 valence electrons. The average Bonchev–Trinajstić information content (AvgIpc) is 2.21. The molecule has 3 nitrogen and oxygen atoms in total. The summed E-state index contributed by atoms with van der Waals surface area (Å²) in [4.78, 5) is 11.1. The minimum atomic E-state index is -0.532. The molecule has 0 aromatic heterocycles. The number of carbonyl (C=O) groups excluding carboxylic acids is 1. The SMILES string of the molecule is C=CC(=O)NC1CCC(O)(C(C)C)CC1. The van der Waals surface area contributed by atoms with Crippen molar-refractivity contribution >= 4 is 5.91 Å². The Labute approximate surface area is 91.6 Å². The third-order valence-electron chi connectivity index (χ3n) is 3.46. The lowest BCUT2D eigenvalue weighted by molar-refractivity contribution is -0.118. The molecule has 0 aromatic carbocycles. The van der Waals surface area contributed by atoms with Gasteiger partial charge in [-0.15, -0.1) is 0 Å². The summed E-state index contributed by atoms with van der Waals surface area (Å²) in [6.45, 7) is 7.51. The highest BCUT2D eigenvalue weighted by Crippen LogP contribution is 2.34. The molecule has 15 heavy (non-hydrogen) atoms. The zero-order chi connectivity index (χ0) is 11.5. The molecule has 1 rings (SSSR count). The van der Waals surface area contributed by atoms with E-state index in [4.69, 9.17) is 0 Å². The number of carbonyl (C=O) groups is 1. The lowest BCUT2D eigenvalue weighted by atomic mass is 9.75. The Morgan fingerprint density at radius 2 is 2.07 bits per heavy atom. The second kappa shape index (κ2) is 4.79. The molecule has 0 aromatic rings. The molecule has 1 amide bonds. The Morgan fingerprint density at radius 1 is 1.53 bits per heavy atom. The highest BCUT2D eigenvalue weighted by atomic mass is 16.3. The van der Waals surface area contributed by atoms with Gasteiger partial charge in [0.15, 0.2) is 0 Å². The fraction of sp³-hybridized carbons (Fsp3) is 0.750. The molecular formula is C12H21NO2. The number of rotatable bonds is 3. The Bertz CT molecular complexity index is 240. The van der Waals surface area contributed by atoms with Crippen LogP contribution in [0.15, 0.2) is 12.7 Å². The summed E-state index contributed by atoms with van der Waals surface area (Å²) in [5.74, 6) is 0.170. The molecular weight excluding hydrogens is 190 g/mol. The zero-order valence-electron chi connectivity index (χ0n) is 9.62. The van der Waals surface area contributed by atoms with Crippen LogP contribution in [0.2, 0.25) is 0 Å². The number of hydrogen-bond donors (Lipinski definition) is 2. The van der Waals surface area contributed by atoms with Crippen molar-refractivity contribution in [1.82, 2.24) is 5.32 Å². The van der Waals surface area contributed by atoms with E-state index in [1.807, 2.05) is 13.8 Å². The predicted octanol–water partition coefficient (Wildman–Crippen LogP) is 1.62. The molecule has 0 bridgehead atoms. The van der Waals surface area contributed by atoms with Gasteiger partial charge in [0.2, 0.25) is 5.91 Å². The van der Waals surface area contributed by atoms with Crippen molar-refractivity contribution in [3.63, 3.8) is 0 Å². The van der Waals surface area contributed by atoms with Crippen molar-refractivity contribution < 1.29 is 9.90 Å². The lowest BCUT2D eigenvalue weighted by Crippen LogP contribution is -2.45. The fourth-order valence-electron chi connectivity index (χ4n) is 2.10. The Hall–Kier alpha value is -0.830. The van der Waals surface area contributed by atoms with Gasteiger partial charge in [0, 0.05) is 6.04 Å². The van der Waals surface area contributed by atoms with E-state index >= 15 is 0 Å². The van der Waals surface area contributed by atoms with Crippen LogP contribution < -0.4 is 5.32 Å². The van der Waals surface area contributed by atoms with Crippen LogP contribution in [0.4, 0.5) is 0 Å². The molecule has 1 aliphatic carbocycles. The highest BCUT2D eigenvalue weighted by molar-refractivity contribution is 5.87. The Morgan fingerprint density at radius 3 is 2.47 bits per heavy atom. The van der Waals surface area contributed by atoms with Crippen LogP contribution in [-0.4, -0.2) is 22.7 Å². The van der Waals surface area contributed by atoms with Crippen LogP contribution in [-0.2, 0) is 4.79 Å². The average molecular weight is 211 g/mol. The monoisotopic (exact) mass is 211 g/mol. The largest absolute Gasteiger partial charge is 0.390 e. The zero-order valence-corrected chi connectivity index (χ0v) is 9.62. The Kier molecular flexibility index (Phi) is 3.91. The standard InChI is InChI=1S/C12H21NO2/c1-4-11(14)13-10-5-7-12(15,8-6-10)9(2)3/h4,9-10,15H,1,5-8H2,2-3H3,(H,13,14). The summed E-state index contributed by atoms with van der Waals surface area (Å²) < 4.78 is 0. The first-order chi connectivity index (χ1) is 6.98. The second-order valence-corrected chi connectivity index (χ2v) is 4.75. The molecule has 0 heterocycles. The minimum Gasteiger partial charge on any atom is -0.390 e. The van der Waals surface area contributed by atoms with Gasteiger partial charge >= 0.3 is 0 Å². The quantitative estimate of drug-likeness (QED) is 0.697. The van der Waals surface area contributed by atoms with E-state index in [9.17, 15) is 9.90 Å². The topological polar surface area (TPSA) is 49.3 Å². The normalized spacial score (nSPS) is 31.3. The van der Waals surface area contributed by atoms with Crippen molar-refractivity contribution in [2.45, 2.75) is 51.2 Å². The molecule has 0 atom stereocenters. The van der Waals surface area contributed by atoms with Gasteiger partial charge in [-0.3, -0.25) is 4.79 Å². The van der Waals surface area contributed by atoms with Crippen molar-refractivity contribution in [2.75, 3.05) is 0 Å². The maximum absolute atomic E-state index is 11.1. The Balaban J connectivity index is 2.42. The van der Waals surface area contributed by atoms with E-state index in [0.717, 1.165) is 25.7 Å². The van der Waals surface area contributed by atoms with Crippen LogP contribution in [0.25, 0.3) is 0 Å². The maximum Gasteiger partial charge on any atom is 0.243 e. The maximum atomic E-state index is 11.1.